The molecular weight excluding hydrogens is 272 g/mol. The first-order valence-corrected chi connectivity index (χ1v) is 7.25. The summed E-state index contributed by atoms with van der Waals surface area (Å²) in [6, 6.07) is 7.70. The molecule has 2 N–H and O–H groups in total. The fraction of sp³-hybridized carbons (Fsp3) is 0.467. The van der Waals surface area contributed by atoms with E-state index in [1.54, 1.807) is 4.90 Å². The molecule has 0 spiro atoms. The van der Waals surface area contributed by atoms with Gasteiger partial charge in [-0.15, -0.1) is 0 Å². The van der Waals surface area contributed by atoms with Gasteiger partial charge in [0.05, 0.1) is 4.99 Å². The van der Waals surface area contributed by atoms with Gasteiger partial charge in [0.25, 0.3) is 0 Å². The molecule has 0 aliphatic carbocycles. The Labute approximate surface area is 124 Å². The second kappa shape index (κ2) is 6.22. The minimum atomic E-state index is -0.218. The van der Waals surface area contributed by atoms with E-state index in [-0.39, 0.29) is 17.7 Å². The van der Waals surface area contributed by atoms with Crippen LogP contribution in [0.15, 0.2) is 24.3 Å². The van der Waals surface area contributed by atoms with E-state index in [2.05, 4.69) is 0 Å². The summed E-state index contributed by atoms with van der Waals surface area (Å²) in [5, 5.41) is 0. The molecule has 2 unspecified atom stereocenters. The number of benzene rings is 1. The zero-order valence-corrected chi connectivity index (χ0v) is 12.7. The molecule has 0 saturated heterocycles. The van der Waals surface area contributed by atoms with Crippen LogP contribution in [0.3, 0.4) is 0 Å². The predicted octanol–water partition coefficient (Wildman–Crippen LogP) is 1.93. The van der Waals surface area contributed by atoms with Crippen molar-refractivity contribution in [1.29, 1.82) is 0 Å². The number of carbonyl (C=O) groups excluding carboxylic acids is 1. The monoisotopic (exact) mass is 292 g/mol. The molecule has 1 aliphatic rings. The molecule has 0 radical (unpaired) electrons. The number of amides is 1. The molecule has 1 aliphatic heterocycles. The Hall–Kier alpha value is -1.62. The first-order valence-electron chi connectivity index (χ1n) is 6.84. The van der Waals surface area contributed by atoms with Crippen molar-refractivity contribution in [2.45, 2.75) is 19.8 Å². The SMILES string of the molecule is CCN(CC(C)C(N)=S)C(=O)C1COc2ccccc21. The van der Waals surface area contributed by atoms with Crippen LogP contribution in [0.5, 0.6) is 5.75 Å². The molecule has 108 valence electrons. The van der Waals surface area contributed by atoms with E-state index in [1.165, 1.54) is 0 Å². The average molecular weight is 292 g/mol. The van der Waals surface area contributed by atoms with Crippen molar-refractivity contribution < 1.29 is 9.53 Å². The summed E-state index contributed by atoms with van der Waals surface area (Å²) < 4.78 is 5.58. The Bertz CT molecular complexity index is 518. The lowest BCUT2D eigenvalue weighted by molar-refractivity contribution is -0.133. The van der Waals surface area contributed by atoms with Crippen molar-refractivity contribution in [3.05, 3.63) is 29.8 Å². The van der Waals surface area contributed by atoms with Crippen LogP contribution in [-0.4, -0.2) is 35.5 Å². The largest absolute Gasteiger partial charge is 0.492 e. The summed E-state index contributed by atoms with van der Waals surface area (Å²) in [6.07, 6.45) is 0. The van der Waals surface area contributed by atoms with E-state index >= 15 is 0 Å². The molecule has 2 rings (SSSR count). The third-order valence-corrected chi connectivity index (χ3v) is 4.07. The number of ether oxygens (including phenoxy) is 1. The van der Waals surface area contributed by atoms with Crippen molar-refractivity contribution in [3.63, 3.8) is 0 Å². The van der Waals surface area contributed by atoms with Gasteiger partial charge >= 0.3 is 0 Å². The zero-order chi connectivity index (χ0) is 14.7. The standard InChI is InChI=1S/C15H20N2O2S/c1-3-17(8-10(2)14(16)20)15(18)12-9-19-13-7-5-4-6-11(12)13/h4-7,10,12H,3,8-9H2,1-2H3,(H2,16,20). The average Bonchev–Trinajstić information content (AvgIpc) is 2.87. The predicted molar refractivity (Wildman–Crippen MR) is 82.9 cm³/mol. The van der Waals surface area contributed by atoms with E-state index in [1.807, 2.05) is 38.1 Å². The highest BCUT2D eigenvalue weighted by molar-refractivity contribution is 7.80. The molecule has 1 aromatic rings. The van der Waals surface area contributed by atoms with Crippen LogP contribution >= 0.6 is 12.2 Å². The highest BCUT2D eigenvalue weighted by atomic mass is 32.1. The first kappa shape index (κ1) is 14.8. The van der Waals surface area contributed by atoms with E-state index < -0.39 is 0 Å². The van der Waals surface area contributed by atoms with E-state index in [4.69, 9.17) is 22.7 Å². The van der Waals surface area contributed by atoms with Crippen LogP contribution in [-0.2, 0) is 4.79 Å². The summed E-state index contributed by atoms with van der Waals surface area (Å²) in [7, 11) is 0. The number of fused-ring (bicyclic) bond motifs is 1. The van der Waals surface area contributed by atoms with Gasteiger partial charge in [-0.2, -0.15) is 0 Å². The highest BCUT2D eigenvalue weighted by Crippen LogP contribution is 2.34. The summed E-state index contributed by atoms with van der Waals surface area (Å²) in [5.41, 5.74) is 6.61. The molecule has 20 heavy (non-hydrogen) atoms. The Morgan fingerprint density at radius 2 is 2.25 bits per heavy atom. The lowest BCUT2D eigenvalue weighted by atomic mass is 9.99. The van der Waals surface area contributed by atoms with Crippen LogP contribution < -0.4 is 10.5 Å². The summed E-state index contributed by atoms with van der Waals surface area (Å²) in [4.78, 5) is 14.9. The van der Waals surface area contributed by atoms with Gasteiger partial charge in [-0.25, -0.2) is 0 Å². The number of nitrogens with two attached hydrogens (primary N) is 1. The smallest absolute Gasteiger partial charge is 0.233 e. The van der Waals surface area contributed by atoms with Gasteiger partial charge in [-0.05, 0) is 13.0 Å². The maximum Gasteiger partial charge on any atom is 0.233 e. The Morgan fingerprint density at radius 3 is 2.90 bits per heavy atom. The lowest BCUT2D eigenvalue weighted by Crippen LogP contribution is -2.41. The van der Waals surface area contributed by atoms with Crippen molar-refractivity contribution in [3.8, 4) is 5.75 Å². The van der Waals surface area contributed by atoms with Crippen molar-refractivity contribution in [2.24, 2.45) is 11.7 Å². The molecule has 1 amide bonds. The third kappa shape index (κ3) is 2.93. The topological polar surface area (TPSA) is 55.6 Å². The van der Waals surface area contributed by atoms with Crippen molar-refractivity contribution in [1.82, 2.24) is 4.90 Å². The molecule has 5 heteroatoms. The number of hydrogen-bond donors (Lipinski definition) is 1. The van der Waals surface area contributed by atoms with Gasteiger partial charge in [0.1, 0.15) is 18.3 Å². The molecule has 0 saturated carbocycles. The van der Waals surface area contributed by atoms with Gasteiger partial charge in [0.2, 0.25) is 5.91 Å². The highest BCUT2D eigenvalue weighted by Gasteiger charge is 2.33. The lowest BCUT2D eigenvalue weighted by Gasteiger charge is -2.26. The van der Waals surface area contributed by atoms with Gasteiger partial charge in [0.15, 0.2) is 0 Å². The summed E-state index contributed by atoms with van der Waals surface area (Å²) in [5.74, 6) is 0.695. The van der Waals surface area contributed by atoms with Crippen LogP contribution in [0, 0.1) is 5.92 Å². The molecule has 2 atom stereocenters. The number of thiocarbonyl (C=S) groups is 1. The van der Waals surface area contributed by atoms with E-state index in [9.17, 15) is 4.79 Å². The second-order valence-corrected chi connectivity index (χ2v) is 5.55. The number of para-hydroxylation sites is 1. The zero-order valence-electron chi connectivity index (χ0n) is 11.8. The quantitative estimate of drug-likeness (QED) is 0.843. The van der Waals surface area contributed by atoms with Gasteiger partial charge in [-0.3, -0.25) is 4.79 Å². The minimum Gasteiger partial charge on any atom is -0.492 e. The van der Waals surface area contributed by atoms with Crippen LogP contribution in [0.1, 0.15) is 25.3 Å². The van der Waals surface area contributed by atoms with E-state index in [0.717, 1.165) is 11.3 Å². The van der Waals surface area contributed by atoms with E-state index in [0.29, 0.717) is 24.7 Å². The minimum absolute atomic E-state index is 0.0199. The van der Waals surface area contributed by atoms with Crippen molar-refractivity contribution >= 4 is 23.1 Å². The Balaban J connectivity index is 2.12. The van der Waals surface area contributed by atoms with Crippen molar-refractivity contribution in [2.75, 3.05) is 19.7 Å². The number of nitrogens with zero attached hydrogens (tertiary/aromatic N) is 1. The van der Waals surface area contributed by atoms with Gasteiger partial charge in [-0.1, -0.05) is 37.3 Å². The Morgan fingerprint density at radius 1 is 1.55 bits per heavy atom. The van der Waals surface area contributed by atoms with Crippen LogP contribution in [0.25, 0.3) is 0 Å². The first-order chi connectivity index (χ1) is 9.54. The second-order valence-electron chi connectivity index (χ2n) is 5.08. The molecule has 1 aromatic carbocycles. The molecule has 0 aromatic heterocycles. The fourth-order valence-corrected chi connectivity index (χ4v) is 2.46. The number of carbonyl (C=O) groups is 1. The Kier molecular flexibility index (Phi) is 4.60. The summed E-state index contributed by atoms with van der Waals surface area (Å²) in [6.45, 7) is 5.52. The number of likely N-dealkylation sites (N-methyl/N-ethyl adjacent to an activating group) is 1. The summed E-state index contributed by atoms with van der Waals surface area (Å²) >= 11 is 4.98. The molecule has 0 bridgehead atoms. The maximum atomic E-state index is 12.7. The fourth-order valence-electron chi connectivity index (χ4n) is 2.38. The molecule has 1 heterocycles. The normalized spacial score (nSPS) is 18.0. The third-order valence-electron chi connectivity index (χ3n) is 3.67. The molecular formula is C15H20N2O2S. The van der Waals surface area contributed by atoms with Gasteiger partial charge in [0, 0.05) is 24.6 Å². The maximum absolute atomic E-state index is 12.7. The molecule has 0 fully saturated rings. The van der Waals surface area contributed by atoms with Crippen LogP contribution in [0.4, 0.5) is 0 Å². The van der Waals surface area contributed by atoms with Gasteiger partial charge < -0.3 is 15.4 Å². The number of rotatable bonds is 5. The number of hydrogen-bond acceptors (Lipinski definition) is 3. The molecule has 4 nitrogen and oxygen atoms in total. The van der Waals surface area contributed by atoms with Crippen LogP contribution in [0.2, 0.25) is 0 Å².